The van der Waals surface area contributed by atoms with Crippen molar-refractivity contribution in [3.8, 4) is 0 Å². The summed E-state index contributed by atoms with van der Waals surface area (Å²) in [6, 6.07) is 0. The van der Waals surface area contributed by atoms with Crippen LogP contribution in [0.4, 0.5) is 0 Å². The fourth-order valence-electron chi connectivity index (χ4n) is 1.72. The van der Waals surface area contributed by atoms with Crippen LogP contribution in [-0.4, -0.2) is 27.0 Å². The van der Waals surface area contributed by atoms with Crippen molar-refractivity contribution < 1.29 is 14.0 Å². The Labute approximate surface area is 106 Å². The molecule has 1 rings (SSSR count). The second-order valence-corrected chi connectivity index (χ2v) is 11.5. The molecule has 0 unspecified atom stereocenters. The highest BCUT2D eigenvalue weighted by atomic mass is 28.4. The van der Waals surface area contributed by atoms with Crippen molar-refractivity contribution in [2.24, 2.45) is 5.92 Å². The SMILES string of the molecule is C[C@H]1CC(=O)O[C@H](CO[Si](C)(C)C(C)(C)C)C1. The largest absolute Gasteiger partial charge is 0.460 e. The van der Waals surface area contributed by atoms with E-state index < -0.39 is 8.32 Å². The maximum Gasteiger partial charge on any atom is 0.306 e. The molecule has 17 heavy (non-hydrogen) atoms. The summed E-state index contributed by atoms with van der Waals surface area (Å²) in [7, 11) is -1.72. The van der Waals surface area contributed by atoms with Gasteiger partial charge in [0, 0.05) is 6.42 Å². The third-order valence-corrected chi connectivity index (χ3v) is 8.42. The molecular weight excluding hydrogens is 232 g/mol. The van der Waals surface area contributed by atoms with Gasteiger partial charge in [0.2, 0.25) is 0 Å². The molecule has 0 saturated carbocycles. The van der Waals surface area contributed by atoms with Gasteiger partial charge in [0.05, 0.1) is 6.61 Å². The quantitative estimate of drug-likeness (QED) is 0.575. The van der Waals surface area contributed by atoms with E-state index in [0.29, 0.717) is 18.9 Å². The van der Waals surface area contributed by atoms with Gasteiger partial charge in [-0.05, 0) is 30.5 Å². The maximum atomic E-state index is 11.3. The summed E-state index contributed by atoms with van der Waals surface area (Å²) in [5, 5.41) is 0.206. The molecule has 4 heteroatoms. The molecule has 3 nitrogen and oxygen atoms in total. The molecule has 2 atom stereocenters. The van der Waals surface area contributed by atoms with Crippen molar-refractivity contribution in [3.05, 3.63) is 0 Å². The Morgan fingerprint density at radius 3 is 2.47 bits per heavy atom. The van der Waals surface area contributed by atoms with Crippen LogP contribution in [0.5, 0.6) is 0 Å². The van der Waals surface area contributed by atoms with Gasteiger partial charge in [0.25, 0.3) is 0 Å². The van der Waals surface area contributed by atoms with Crippen LogP contribution >= 0.6 is 0 Å². The molecule has 0 aliphatic carbocycles. The zero-order chi connectivity index (χ0) is 13.3. The number of carbonyl (C=O) groups excluding carboxylic acids is 1. The van der Waals surface area contributed by atoms with Crippen molar-refractivity contribution in [2.75, 3.05) is 6.61 Å². The van der Waals surface area contributed by atoms with Gasteiger partial charge < -0.3 is 9.16 Å². The van der Waals surface area contributed by atoms with Gasteiger partial charge in [0.15, 0.2) is 8.32 Å². The molecule has 1 aliphatic heterocycles. The van der Waals surface area contributed by atoms with Crippen molar-refractivity contribution >= 4 is 14.3 Å². The molecule has 0 aromatic carbocycles. The zero-order valence-electron chi connectivity index (χ0n) is 12.0. The summed E-state index contributed by atoms with van der Waals surface area (Å²) in [5.74, 6) is 0.344. The molecule has 1 fully saturated rings. The van der Waals surface area contributed by atoms with Gasteiger partial charge in [-0.15, -0.1) is 0 Å². The first-order valence-corrected chi connectivity index (χ1v) is 9.36. The average Bonchev–Trinajstić information content (AvgIpc) is 2.11. The van der Waals surface area contributed by atoms with Gasteiger partial charge in [-0.2, -0.15) is 0 Å². The molecule has 0 radical (unpaired) electrons. The minimum atomic E-state index is -1.72. The summed E-state index contributed by atoms with van der Waals surface area (Å²) >= 11 is 0. The normalized spacial score (nSPS) is 26.8. The third kappa shape index (κ3) is 4.10. The molecule has 0 amide bonds. The van der Waals surface area contributed by atoms with Crippen molar-refractivity contribution in [1.29, 1.82) is 0 Å². The molecule has 1 saturated heterocycles. The summed E-state index contributed by atoms with van der Waals surface area (Å²) in [4.78, 5) is 11.3. The van der Waals surface area contributed by atoms with E-state index in [1.54, 1.807) is 0 Å². The predicted octanol–water partition coefficient (Wildman–Crippen LogP) is 3.35. The number of cyclic esters (lactones) is 1. The maximum absolute atomic E-state index is 11.3. The highest BCUT2D eigenvalue weighted by molar-refractivity contribution is 6.74. The number of carbonyl (C=O) groups is 1. The first kappa shape index (κ1) is 14.7. The highest BCUT2D eigenvalue weighted by Gasteiger charge is 2.38. The van der Waals surface area contributed by atoms with Gasteiger partial charge in [-0.3, -0.25) is 4.79 Å². The molecule has 0 spiro atoms. The lowest BCUT2D eigenvalue weighted by Gasteiger charge is -2.38. The molecular formula is C13H26O3Si. The molecule has 100 valence electrons. The molecule has 1 heterocycles. The number of ether oxygens (including phenoxy) is 1. The van der Waals surface area contributed by atoms with E-state index in [-0.39, 0.29) is 17.1 Å². The fraction of sp³-hybridized carbons (Fsp3) is 0.923. The van der Waals surface area contributed by atoms with Crippen LogP contribution < -0.4 is 0 Å². The summed E-state index contributed by atoms with van der Waals surface area (Å²) < 4.78 is 11.4. The van der Waals surface area contributed by atoms with Crippen molar-refractivity contribution in [3.63, 3.8) is 0 Å². The van der Waals surface area contributed by atoms with E-state index in [9.17, 15) is 4.79 Å². The van der Waals surface area contributed by atoms with Crippen molar-refractivity contribution in [2.45, 2.75) is 64.8 Å². The van der Waals surface area contributed by atoms with Crippen LogP contribution in [0.1, 0.15) is 40.5 Å². The first-order valence-electron chi connectivity index (χ1n) is 6.45. The predicted molar refractivity (Wildman–Crippen MR) is 71.4 cm³/mol. The molecule has 0 N–H and O–H groups in total. The molecule has 0 bridgehead atoms. The van der Waals surface area contributed by atoms with E-state index >= 15 is 0 Å². The molecule has 0 aromatic rings. The van der Waals surface area contributed by atoms with Crippen LogP contribution in [0.25, 0.3) is 0 Å². The van der Waals surface area contributed by atoms with Gasteiger partial charge in [-0.1, -0.05) is 27.7 Å². The Hall–Kier alpha value is -0.353. The number of hydrogen-bond donors (Lipinski definition) is 0. The number of hydrogen-bond acceptors (Lipinski definition) is 3. The minimum absolute atomic E-state index is 0.0413. The molecule has 0 aromatic heterocycles. The summed E-state index contributed by atoms with van der Waals surface area (Å²) in [6.45, 7) is 13.8. The van der Waals surface area contributed by atoms with Crippen LogP contribution in [0.15, 0.2) is 0 Å². The Morgan fingerprint density at radius 2 is 2.00 bits per heavy atom. The first-order chi connectivity index (χ1) is 7.62. The Morgan fingerprint density at radius 1 is 1.41 bits per heavy atom. The van der Waals surface area contributed by atoms with E-state index in [0.717, 1.165) is 6.42 Å². The van der Waals surface area contributed by atoms with E-state index in [1.165, 1.54) is 0 Å². The van der Waals surface area contributed by atoms with E-state index in [1.807, 2.05) is 0 Å². The minimum Gasteiger partial charge on any atom is -0.460 e. The second kappa shape index (κ2) is 5.10. The van der Waals surface area contributed by atoms with Crippen LogP contribution in [0.3, 0.4) is 0 Å². The lowest BCUT2D eigenvalue weighted by molar-refractivity contribution is -0.158. The Bertz CT molecular complexity index is 281. The topological polar surface area (TPSA) is 35.5 Å². The third-order valence-electron chi connectivity index (χ3n) is 3.91. The molecule has 1 aliphatic rings. The monoisotopic (exact) mass is 258 g/mol. The average molecular weight is 258 g/mol. The van der Waals surface area contributed by atoms with Crippen LogP contribution in [0, 0.1) is 5.92 Å². The lowest BCUT2D eigenvalue weighted by Crippen LogP contribution is -2.44. The Kier molecular flexibility index (Phi) is 4.41. The van der Waals surface area contributed by atoms with Gasteiger partial charge >= 0.3 is 5.97 Å². The number of esters is 1. The Balaban J connectivity index is 2.48. The van der Waals surface area contributed by atoms with Crippen LogP contribution in [0.2, 0.25) is 18.1 Å². The number of rotatable bonds is 3. The standard InChI is InChI=1S/C13H26O3Si/c1-10-7-11(16-12(14)8-10)9-15-17(5,6)13(2,3)4/h10-11H,7-9H2,1-6H3/t10-,11+/m1/s1. The van der Waals surface area contributed by atoms with E-state index in [2.05, 4.69) is 40.8 Å². The summed E-state index contributed by atoms with van der Waals surface area (Å²) in [6.07, 6.45) is 1.44. The van der Waals surface area contributed by atoms with Crippen LogP contribution in [-0.2, 0) is 14.0 Å². The van der Waals surface area contributed by atoms with E-state index in [4.69, 9.17) is 9.16 Å². The zero-order valence-corrected chi connectivity index (χ0v) is 13.0. The fourth-order valence-corrected chi connectivity index (χ4v) is 2.75. The summed E-state index contributed by atoms with van der Waals surface area (Å²) in [5.41, 5.74) is 0. The van der Waals surface area contributed by atoms with Gasteiger partial charge in [0.1, 0.15) is 6.10 Å². The van der Waals surface area contributed by atoms with Crippen molar-refractivity contribution in [1.82, 2.24) is 0 Å². The lowest BCUT2D eigenvalue weighted by atomic mass is 9.98. The van der Waals surface area contributed by atoms with Gasteiger partial charge in [-0.25, -0.2) is 0 Å². The smallest absolute Gasteiger partial charge is 0.306 e. The second-order valence-electron chi connectivity index (χ2n) is 6.73. The highest BCUT2D eigenvalue weighted by Crippen LogP contribution is 2.37.